The minimum Gasteiger partial charge on any atom is -0.454 e. The summed E-state index contributed by atoms with van der Waals surface area (Å²) in [5.41, 5.74) is 3.11. The van der Waals surface area contributed by atoms with Crippen molar-refractivity contribution >= 4 is 11.6 Å². The van der Waals surface area contributed by atoms with Gasteiger partial charge in [-0.3, -0.25) is 9.69 Å². The minimum atomic E-state index is -0.00812. The molecule has 0 atom stereocenters. The van der Waals surface area contributed by atoms with Gasteiger partial charge in [0.25, 0.3) is 5.91 Å². The molecule has 0 aromatic heterocycles. The average molecular weight is 467 g/mol. The molecule has 8 nitrogen and oxygen atoms in total. The lowest BCUT2D eigenvalue weighted by molar-refractivity contribution is 0.0383. The Kier molecular flexibility index (Phi) is 7.48. The van der Waals surface area contributed by atoms with E-state index < -0.39 is 0 Å². The van der Waals surface area contributed by atoms with Gasteiger partial charge in [0.05, 0.1) is 13.2 Å². The number of hydrogen-bond donors (Lipinski definition) is 2. The minimum absolute atomic E-state index is 0.00812. The zero-order chi connectivity index (χ0) is 23.2. The summed E-state index contributed by atoms with van der Waals surface area (Å²) in [5, 5.41) is 6.72. The van der Waals surface area contributed by atoms with Gasteiger partial charge in [-0.2, -0.15) is 0 Å². The SMILES string of the molecule is O=C(NCCN1CCOCC1)c1ccc(N2CCC(NCc3ccc4c(c3)OCO4)CC2)cc1. The molecule has 0 aliphatic carbocycles. The predicted molar refractivity (Wildman–Crippen MR) is 131 cm³/mol. The Labute approximate surface area is 201 Å². The van der Waals surface area contributed by atoms with E-state index in [9.17, 15) is 4.79 Å². The van der Waals surface area contributed by atoms with Gasteiger partial charge in [0.15, 0.2) is 11.5 Å². The van der Waals surface area contributed by atoms with Crippen molar-refractivity contribution in [1.29, 1.82) is 0 Å². The second-order valence-electron chi connectivity index (χ2n) is 9.09. The number of nitrogens with one attached hydrogen (secondary N) is 2. The van der Waals surface area contributed by atoms with E-state index in [0.29, 0.717) is 24.9 Å². The van der Waals surface area contributed by atoms with Crippen LogP contribution in [-0.4, -0.2) is 76.1 Å². The van der Waals surface area contributed by atoms with E-state index in [4.69, 9.17) is 14.2 Å². The number of carbonyl (C=O) groups excluding carboxylic acids is 1. The molecule has 2 saturated heterocycles. The molecule has 1 amide bonds. The van der Waals surface area contributed by atoms with E-state index in [1.807, 2.05) is 18.2 Å². The number of nitrogens with zero attached hydrogens (tertiary/aromatic N) is 2. The van der Waals surface area contributed by atoms with Gasteiger partial charge in [-0.25, -0.2) is 0 Å². The highest BCUT2D eigenvalue weighted by Crippen LogP contribution is 2.32. The van der Waals surface area contributed by atoms with Crippen molar-refractivity contribution < 1.29 is 19.0 Å². The molecule has 0 unspecified atom stereocenters. The maximum atomic E-state index is 12.5. The molecule has 2 aromatic rings. The number of benzene rings is 2. The molecule has 182 valence electrons. The Morgan fingerprint density at radius 2 is 1.71 bits per heavy atom. The van der Waals surface area contributed by atoms with E-state index in [0.717, 1.165) is 76.8 Å². The Morgan fingerprint density at radius 1 is 0.941 bits per heavy atom. The molecule has 5 rings (SSSR count). The lowest BCUT2D eigenvalue weighted by Crippen LogP contribution is -2.42. The van der Waals surface area contributed by atoms with E-state index in [-0.39, 0.29) is 5.91 Å². The first-order valence-electron chi connectivity index (χ1n) is 12.3. The van der Waals surface area contributed by atoms with Crippen LogP contribution in [0, 0.1) is 0 Å². The van der Waals surface area contributed by atoms with Crippen molar-refractivity contribution in [2.75, 3.05) is 64.2 Å². The molecule has 34 heavy (non-hydrogen) atoms. The highest BCUT2D eigenvalue weighted by Gasteiger charge is 2.20. The molecule has 3 aliphatic rings. The van der Waals surface area contributed by atoms with E-state index >= 15 is 0 Å². The van der Waals surface area contributed by atoms with Gasteiger partial charge >= 0.3 is 0 Å². The summed E-state index contributed by atoms with van der Waals surface area (Å²) in [4.78, 5) is 17.2. The van der Waals surface area contributed by atoms with Crippen LogP contribution in [0.2, 0.25) is 0 Å². The molecule has 2 aromatic carbocycles. The average Bonchev–Trinajstić information content (AvgIpc) is 3.36. The first-order chi connectivity index (χ1) is 16.7. The molecule has 3 heterocycles. The highest BCUT2D eigenvalue weighted by molar-refractivity contribution is 5.94. The number of ether oxygens (including phenoxy) is 3. The van der Waals surface area contributed by atoms with Gasteiger partial charge in [0, 0.05) is 63.1 Å². The van der Waals surface area contributed by atoms with Crippen molar-refractivity contribution in [2.24, 2.45) is 0 Å². The number of rotatable bonds is 8. The maximum Gasteiger partial charge on any atom is 0.251 e. The summed E-state index contributed by atoms with van der Waals surface area (Å²) in [6.45, 7) is 8.11. The summed E-state index contributed by atoms with van der Waals surface area (Å²) in [6.07, 6.45) is 2.18. The molecule has 0 bridgehead atoms. The van der Waals surface area contributed by atoms with Crippen molar-refractivity contribution in [2.45, 2.75) is 25.4 Å². The Balaban J connectivity index is 1.03. The number of anilines is 1. The number of piperidine rings is 1. The first kappa shape index (κ1) is 23.0. The number of hydrogen-bond acceptors (Lipinski definition) is 7. The number of fused-ring (bicyclic) bond motifs is 1. The quantitative estimate of drug-likeness (QED) is 0.618. The van der Waals surface area contributed by atoms with Crippen LogP contribution in [0.25, 0.3) is 0 Å². The lowest BCUT2D eigenvalue weighted by Gasteiger charge is -2.34. The second-order valence-corrected chi connectivity index (χ2v) is 9.09. The molecule has 0 saturated carbocycles. The number of carbonyl (C=O) groups is 1. The fourth-order valence-corrected chi connectivity index (χ4v) is 4.73. The second kappa shape index (κ2) is 11.1. The normalized spacial score (nSPS) is 18.8. The third-order valence-corrected chi connectivity index (χ3v) is 6.84. The van der Waals surface area contributed by atoms with Gasteiger partial charge in [0.1, 0.15) is 0 Å². The molecule has 0 radical (unpaired) electrons. The van der Waals surface area contributed by atoms with E-state index in [1.54, 1.807) is 0 Å². The van der Waals surface area contributed by atoms with Gasteiger partial charge in [-0.05, 0) is 54.8 Å². The summed E-state index contributed by atoms with van der Waals surface area (Å²) < 4.78 is 16.2. The molecular formula is C26H34N4O4. The van der Waals surface area contributed by atoms with Gasteiger partial charge < -0.3 is 29.7 Å². The van der Waals surface area contributed by atoms with Crippen molar-refractivity contribution in [3.63, 3.8) is 0 Å². The molecule has 3 aliphatic heterocycles. The standard InChI is InChI=1S/C26H34N4O4/c31-26(27-9-12-29-13-15-32-16-14-29)21-2-4-23(5-3-21)30-10-7-22(8-11-30)28-18-20-1-6-24-25(17-20)34-19-33-24/h1-6,17,22,28H,7-16,18-19H2,(H,27,31). The van der Waals surface area contributed by atoms with Crippen molar-refractivity contribution in [3.8, 4) is 11.5 Å². The Morgan fingerprint density at radius 3 is 2.50 bits per heavy atom. The lowest BCUT2D eigenvalue weighted by atomic mass is 10.0. The van der Waals surface area contributed by atoms with E-state index in [2.05, 4.69) is 44.7 Å². The predicted octanol–water partition coefficient (Wildman–Crippen LogP) is 2.24. The summed E-state index contributed by atoms with van der Waals surface area (Å²) in [6, 6.07) is 14.6. The van der Waals surface area contributed by atoms with Crippen LogP contribution in [0.1, 0.15) is 28.8 Å². The Bertz CT molecular complexity index is 954. The Hall–Kier alpha value is -2.81. The fourth-order valence-electron chi connectivity index (χ4n) is 4.73. The fraction of sp³-hybridized carbons (Fsp3) is 0.500. The summed E-state index contributed by atoms with van der Waals surface area (Å²) in [7, 11) is 0. The van der Waals surface area contributed by atoms with Crippen LogP contribution in [-0.2, 0) is 11.3 Å². The maximum absolute atomic E-state index is 12.5. The van der Waals surface area contributed by atoms with Crippen molar-refractivity contribution in [1.82, 2.24) is 15.5 Å². The zero-order valence-electron chi connectivity index (χ0n) is 19.6. The summed E-state index contributed by atoms with van der Waals surface area (Å²) >= 11 is 0. The molecule has 2 fully saturated rings. The largest absolute Gasteiger partial charge is 0.454 e. The smallest absolute Gasteiger partial charge is 0.251 e. The molecular weight excluding hydrogens is 432 g/mol. The molecule has 0 spiro atoms. The molecule has 2 N–H and O–H groups in total. The van der Waals surface area contributed by atoms with Crippen molar-refractivity contribution in [3.05, 3.63) is 53.6 Å². The van der Waals surface area contributed by atoms with Gasteiger partial charge in [-0.15, -0.1) is 0 Å². The number of amides is 1. The van der Waals surface area contributed by atoms with Crippen LogP contribution in [0.5, 0.6) is 11.5 Å². The zero-order valence-corrected chi connectivity index (χ0v) is 19.6. The number of morpholine rings is 1. The third kappa shape index (κ3) is 5.81. The van der Waals surface area contributed by atoms with Crippen LogP contribution in [0.15, 0.2) is 42.5 Å². The first-order valence-corrected chi connectivity index (χ1v) is 12.3. The summed E-state index contributed by atoms with van der Waals surface area (Å²) in [5.74, 6) is 1.66. The van der Waals surface area contributed by atoms with Crippen LogP contribution < -0.4 is 25.0 Å². The van der Waals surface area contributed by atoms with Gasteiger partial charge in [-0.1, -0.05) is 6.07 Å². The topological polar surface area (TPSA) is 75.3 Å². The van der Waals surface area contributed by atoms with Crippen LogP contribution in [0.3, 0.4) is 0 Å². The third-order valence-electron chi connectivity index (χ3n) is 6.84. The highest BCUT2D eigenvalue weighted by atomic mass is 16.7. The van der Waals surface area contributed by atoms with E-state index in [1.165, 1.54) is 11.3 Å². The van der Waals surface area contributed by atoms with Crippen LogP contribution in [0.4, 0.5) is 5.69 Å². The molecule has 8 heteroatoms. The van der Waals surface area contributed by atoms with Crippen LogP contribution >= 0.6 is 0 Å². The van der Waals surface area contributed by atoms with Gasteiger partial charge in [0.2, 0.25) is 6.79 Å². The monoisotopic (exact) mass is 466 g/mol.